The molecule has 7 heteroatoms. The minimum Gasteiger partial charge on any atom is -0.497 e. The number of esters is 1. The smallest absolute Gasteiger partial charge is 0.311 e. The molecule has 0 aliphatic carbocycles. The molecule has 0 saturated heterocycles. The molecule has 0 aliphatic rings. The van der Waals surface area contributed by atoms with Crippen molar-refractivity contribution in [3.63, 3.8) is 0 Å². The van der Waals surface area contributed by atoms with Gasteiger partial charge in [0.25, 0.3) is 5.91 Å². The van der Waals surface area contributed by atoms with E-state index in [9.17, 15) is 9.59 Å². The number of amides is 1. The highest BCUT2D eigenvalue weighted by Gasteiger charge is 2.19. The van der Waals surface area contributed by atoms with Gasteiger partial charge in [0.1, 0.15) is 5.75 Å². The second-order valence-electron chi connectivity index (χ2n) is 5.23. The molecule has 25 heavy (non-hydrogen) atoms. The van der Waals surface area contributed by atoms with E-state index >= 15 is 0 Å². The lowest BCUT2D eigenvalue weighted by molar-refractivity contribution is -0.152. The molecule has 2 rings (SSSR count). The van der Waals surface area contributed by atoms with Crippen molar-refractivity contribution in [1.29, 1.82) is 0 Å². The average molecular weight is 382 g/mol. The third-order valence-corrected chi connectivity index (χ3v) is 4.13. The van der Waals surface area contributed by atoms with Gasteiger partial charge in [-0.2, -0.15) is 0 Å². The van der Waals surface area contributed by atoms with Crippen LogP contribution in [0.5, 0.6) is 5.75 Å². The van der Waals surface area contributed by atoms with Gasteiger partial charge in [0.2, 0.25) is 0 Å². The number of methoxy groups -OCH3 is 1. The molecule has 1 N–H and O–H groups in total. The Labute approximate surface area is 155 Å². The fourth-order valence-electron chi connectivity index (χ4n) is 2.06. The van der Waals surface area contributed by atoms with Gasteiger partial charge in [-0.25, -0.2) is 0 Å². The van der Waals surface area contributed by atoms with E-state index in [0.29, 0.717) is 27.0 Å². The van der Waals surface area contributed by atoms with Crippen LogP contribution >= 0.6 is 23.2 Å². The minimum absolute atomic E-state index is 0.112. The predicted octanol–water partition coefficient (Wildman–Crippen LogP) is 4.11. The second kappa shape index (κ2) is 8.74. The number of rotatable bonds is 6. The summed E-state index contributed by atoms with van der Waals surface area (Å²) in [6, 6.07) is 11.8. The Balaban J connectivity index is 1.92. The molecule has 1 unspecified atom stereocenters. The highest BCUT2D eigenvalue weighted by atomic mass is 35.5. The molecule has 0 saturated carbocycles. The Bertz CT molecular complexity index is 742. The topological polar surface area (TPSA) is 64.6 Å². The van der Waals surface area contributed by atoms with Crippen molar-refractivity contribution in [2.75, 3.05) is 12.4 Å². The normalized spacial score (nSPS) is 11.5. The quantitative estimate of drug-likeness (QED) is 0.764. The number of carbonyl (C=O) groups is 2. The van der Waals surface area contributed by atoms with Crippen molar-refractivity contribution < 1.29 is 19.1 Å². The summed E-state index contributed by atoms with van der Waals surface area (Å²) in [5.41, 5.74) is 1.04. The minimum atomic E-state index is -0.962. The highest BCUT2D eigenvalue weighted by Crippen LogP contribution is 2.25. The summed E-state index contributed by atoms with van der Waals surface area (Å²) in [6.07, 6.45) is -1.07. The zero-order valence-electron chi connectivity index (χ0n) is 13.7. The molecule has 5 nitrogen and oxygen atoms in total. The van der Waals surface area contributed by atoms with Crippen molar-refractivity contribution in [1.82, 2.24) is 0 Å². The van der Waals surface area contributed by atoms with Gasteiger partial charge in [-0.15, -0.1) is 0 Å². The molecular formula is C18H17Cl2NO4. The summed E-state index contributed by atoms with van der Waals surface area (Å²) in [5.74, 6) is -0.356. The molecule has 0 aliphatic heterocycles. The standard InChI is InChI=1S/C18H17Cl2NO4/c1-11(18(23)21-12-6-8-13(24-2)9-7-12)25-17(22)10-14-15(19)4-3-5-16(14)20/h3-9,11H,10H2,1-2H3,(H,21,23). The van der Waals surface area contributed by atoms with Crippen molar-refractivity contribution in [2.24, 2.45) is 0 Å². The molecule has 0 fully saturated rings. The summed E-state index contributed by atoms with van der Waals surface area (Å²) in [4.78, 5) is 24.1. The van der Waals surface area contributed by atoms with Gasteiger partial charge in [0, 0.05) is 21.3 Å². The lowest BCUT2D eigenvalue weighted by Gasteiger charge is -2.14. The van der Waals surface area contributed by atoms with E-state index in [1.165, 1.54) is 6.92 Å². The van der Waals surface area contributed by atoms with E-state index in [0.717, 1.165) is 0 Å². The SMILES string of the molecule is COc1ccc(NC(=O)C(C)OC(=O)Cc2c(Cl)cccc2Cl)cc1. The Kier molecular flexibility index (Phi) is 6.67. The Hall–Kier alpha value is -2.24. The van der Waals surface area contributed by atoms with Gasteiger partial charge in [-0.1, -0.05) is 29.3 Å². The van der Waals surface area contributed by atoms with Crippen LogP contribution in [-0.2, 0) is 20.7 Å². The summed E-state index contributed by atoms with van der Waals surface area (Å²) in [5, 5.41) is 3.41. The lowest BCUT2D eigenvalue weighted by atomic mass is 10.1. The molecule has 2 aromatic carbocycles. The first-order valence-corrected chi connectivity index (χ1v) is 8.23. The second-order valence-corrected chi connectivity index (χ2v) is 6.04. The van der Waals surface area contributed by atoms with E-state index < -0.39 is 18.0 Å². The largest absolute Gasteiger partial charge is 0.497 e. The molecule has 0 spiro atoms. The fourth-order valence-corrected chi connectivity index (χ4v) is 2.59. The monoisotopic (exact) mass is 381 g/mol. The van der Waals surface area contributed by atoms with Gasteiger partial charge >= 0.3 is 5.97 Å². The highest BCUT2D eigenvalue weighted by molar-refractivity contribution is 6.36. The summed E-state index contributed by atoms with van der Waals surface area (Å²) in [7, 11) is 1.56. The first-order chi connectivity index (χ1) is 11.9. The number of hydrogen-bond donors (Lipinski definition) is 1. The molecule has 1 atom stereocenters. The van der Waals surface area contributed by atoms with Gasteiger partial charge in [0.05, 0.1) is 13.5 Å². The zero-order valence-corrected chi connectivity index (χ0v) is 15.2. The third kappa shape index (κ3) is 5.37. The molecule has 0 aromatic heterocycles. The van der Waals surface area contributed by atoms with Crippen molar-refractivity contribution in [3.8, 4) is 5.75 Å². The van der Waals surface area contributed by atoms with Crippen molar-refractivity contribution in [3.05, 3.63) is 58.1 Å². The average Bonchev–Trinajstić information content (AvgIpc) is 2.59. The van der Waals surface area contributed by atoms with Gasteiger partial charge < -0.3 is 14.8 Å². The predicted molar refractivity (Wildman–Crippen MR) is 97.3 cm³/mol. The molecule has 1 amide bonds. The number of anilines is 1. The Morgan fingerprint density at radius 2 is 1.68 bits per heavy atom. The molecule has 0 heterocycles. The Morgan fingerprint density at radius 3 is 2.24 bits per heavy atom. The number of halogens is 2. The van der Waals surface area contributed by atoms with Crippen LogP contribution in [0.3, 0.4) is 0 Å². The number of ether oxygens (including phenoxy) is 2. The first-order valence-electron chi connectivity index (χ1n) is 7.48. The number of benzene rings is 2. The maximum absolute atomic E-state index is 12.1. The summed E-state index contributed by atoms with van der Waals surface area (Å²) in [6.45, 7) is 1.49. The summed E-state index contributed by atoms with van der Waals surface area (Å²) >= 11 is 12.0. The Morgan fingerprint density at radius 1 is 1.08 bits per heavy atom. The van der Waals surface area contributed by atoms with Crippen LogP contribution in [0.15, 0.2) is 42.5 Å². The molecule has 0 radical (unpaired) electrons. The first kappa shape index (κ1) is 19.1. The zero-order chi connectivity index (χ0) is 18.4. The lowest BCUT2D eigenvalue weighted by Crippen LogP contribution is -2.30. The van der Waals surface area contributed by atoms with Crippen LogP contribution in [0, 0.1) is 0 Å². The molecular weight excluding hydrogens is 365 g/mol. The van der Waals surface area contributed by atoms with E-state index in [4.69, 9.17) is 32.7 Å². The number of carbonyl (C=O) groups excluding carboxylic acids is 2. The van der Waals surface area contributed by atoms with Crippen molar-refractivity contribution in [2.45, 2.75) is 19.4 Å². The maximum Gasteiger partial charge on any atom is 0.311 e. The van der Waals surface area contributed by atoms with Crippen LogP contribution in [0.2, 0.25) is 10.0 Å². The van der Waals surface area contributed by atoms with Crippen LogP contribution < -0.4 is 10.1 Å². The van der Waals surface area contributed by atoms with Gasteiger partial charge in [-0.05, 0) is 43.3 Å². The molecule has 2 aromatic rings. The van der Waals surface area contributed by atoms with E-state index in [2.05, 4.69) is 5.32 Å². The van der Waals surface area contributed by atoms with Crippen molar-refractivity contribution >= 4 is 40.8 Å². The van der Waals surface area contributed by atoms with Crippen LogP contribution in [0.4, 0.5) is 5.69 Å². The van der Waals surface area contributed by atoms with E-state index in [1.54, 1.807) is 49.6 Å². The van der Waals surface area contributed by atoms with E-state index in [-0.39, 0.29) is 6.42 Å². The van der Waals surface area contributed by atoms with Crippen LogP contribution in [0.25, 0.3) is 0 Å². The maximum atomic E-state index is 12.1. The van der Waals surface area contributed by atoms with Gasteiger partial charge in [-0.3, -0.25) is 9.59 Å². The summed E-state index contributed by atoms with van der Waals surface area (Å²) < 4.78 is 10.2. The third-order valence-electron chi connectivity index (χ3n) is 3.42. The van der Waals surface area contributed by atoms with E-state index in [1.807, 2.05) is 0 Å². The van der Waals surface area contributed by atoms with Crippen LogP contribution in [-0.4, -0.2) is 25.1 Å². The molecule has 0 bridgehead atoms. The number of nitrogens with one attached hydrogen (secondary N) is 1. The number of hydrogen-bond acceptors (Lipinski definition) is 4. The van der Waals surface area contributed by atoms with Crippen LogP contribution in [0.1, 0.15) is 12.5 Å². The van der Waals surface area contributed by atoms with Gasteiger partial charge in [0.15, 0.2) is 6.10 Å². The molecule has 132 valence electrons. The fraction of sp³-hybridized carbons (Fsp3) is 0.222.